The molecule has 0 aromatic carbocycles. The van der Waals surface area contributed by atoms with Gasteiger partial charge in [0.2, 0.25) is 0 Å². The number of nitrogens with one attached hydrogen (secondary N) is 1. The van der Waals surface area contributed by atoms with Gasteiger partial charge in [-0.15, -0.1) is 0 Å². The number of piperidine rings is 1. The molecule has 19 heavy (non-hydrogen) atoms. The fourth-order valence-electron chi connectivity index (χ4n) is 2.51. The van der Waals surface area contributed by atoms with Crippen LogP contribution in [0.1, 0.15) is 39.5 Å². The first-order chi connectivity index (χ1) is 9.06. The van der Waals surface area contributed by atoms with Gasteiger partial charge in [-0.2, -0.15) is 0 Å². The van der Waals surface area contributed by atoms with Crippen LogP contribution in [-0.4, -0.2) is 56.4 Å². The van der Waals surface area contributed by atoms with Gasteiger partial charge in [-0.05, 0) is 55.9 Å². The molecule has 6 heteroatoms. The second kappa shape index (κ2) is 9.02. The molecular weight excluding hydrogens is 264 g/mol. The fraction of sp³-hybridized carbons (Fsp3) is 1.00. The van der Waals surface area contributed by atoms with Gasteiger partial charge in [0.15, 0.2) is 0 Å². The number of likely N-dealkylation sites (tertiary alicyclic amines) is 1. The Morgan fingerprint density at radius 2 is 1.95 bits per heavy atom. The summed E-state index contributed by atoms with van der Waals surface area (Å²) in [6, 6.07) is 0.0436. The van der Waals surface area contributed by atoms with E-state index in [4.69, 9.17) is 0 Å². The summed E-state index contributed by atoms with van der Waals surface area (Å²) in [4.78, 5) is 2.07. The van der Waals surface area contributed by atoms with Crippen molar-refractivity contribution in [3.63, 3.8) is 0 Å². The molecule has 1 rings (SSSR count). The highest BCUT2D eigenvalue weighted by atomic mass is 32.2. The first kappa shape index (κ1) is 17.0. The SMILES string of the molecule is CC(C)C(CO)NCCC(N1CCCCC1)S(=O)[O-]. The molecule has 1 aliphatic heterocycles. The van der Waals surface area contributed by atoms with Crippen LogP contribution in [0.4, 0.5) is 0 Å². The molecule has 0 amide bonds. The second-order valence-electron chi connectivity index (χ2n) is 5.59. The average Bonchev–Trinajstić information content (AvgIpc) is 2.39. The van der Waals surface area contributed by atoms with Gasteiger partial charge in [0.05, 0.1) is 12.0 Å². The molecule has 1 fully saturated rings. The van der Waals surface area contributed by atoms with E-state index in [1.54, 1.807) is 0 Å². The van der Waals surface area contributed by atoms with Gasteiger partial charge in [0.25, 0.3) is 0 Å². The van der Waals surface area contributed by atoms with E-state index in [-0.39, 0.29) is 18.0 Å². The topological polar surface area (TPSA) is 75.6 Å². The molecule has 1 heterocycles. The molecular formula is C13H27N2O3S-. The lowest BCUT2D eigenvalue weighted by atomic mass is 10.1. The molecule has 3 unspecified atom stereocenters. The summed E-state index contributed by atoms with van der Waals surface area (Å²) < 4.78 is 22.7. The Morgan fingerprint density at radius 3 is 2.42 bits per heavy atom. The lowest BCUT2D eigenvalue weighted by Gasteiger charge is -2.36. The van der Waals surface area contributed by atoms with Crippen molar-refractivity contribution in [1.29, 1.82) is 0 Å². The molecule has 1 aliphatic rings. The highest BCUT2D eigenvalue weighted by molar-refractivity contribution is 7.79. The maximum atomic E-state index is 11.4. The van der Waals surface area contributed by atoms with Crippen molar-refractivity contribution in [3.05, 3.63) is 0 Å². The zero-order chi connectivity index (χ0) is 14.3. The Bertz CT molecular complexity index is 271. The number of hydrogen-bond acceptors (Lipinski definition) is 5. The highest BCUT2D eigenvalue weighted by Gasteiger charge is 2.21. The van der Waals surface area contributed by atoms with Crippen molar-refractivity contribution in [2.45, 2.75) is 50.9 Å². The molecule has 0 bridgehead atoms. The van der Waals surface area contributed by atoms with Gasteiger partial charge in [0, 0.05) is 6.04 Å². The number of hydrogen-bond donors (Lipinski definition) is 2. The van der Waals surface area contributed by atoms with Crippen LogP contribution in [-0.2, 0) is 11.1 Å². The fourth-order valence-corrected chi connectivity index (χ4v) is 3.27. The summed E-state index contributed by atoms with van der Waals surface area (Å²) in [6.45, 7) is 6.56. The van der Waals surface area contributed by atoms with E-state index in [2.05, 4.69) is 10.2 Å². The quantitative estimate of drug-likeness (QED) is 0.643. The Morgan fingerprint density at radius 1 is 1.32 bits per heavy atom. The maximum Gasteiger partial charge on any atom is 0.0738 e. The molecule has 114 valence electrons. The number of aliphatic hydroxyl groups excluding tert-OH is 1. The lowest BCUT2D eigenvalue weighted by Crippen LogP contribution is -2.45. The summed E-state index contributed by atoms with van der Waals surface area (Å²) in [5.74, 6) is 0.344. The summed E-state index contributed by atoms with van der Waals surface area (Å²) >= 11 is -2.05. The Balaban J connectivity index is 2.39. The van der Waals surface area contributed by atoms with E-state index < -0.39 is 11.1 Å². The van der Waals surface area contributed by atoms with Crippen LogP contribution in [0.25, 0.3) is 0 Å². The van der Waals surface area contributed by atoms with Crippen molar-refractivity contribution in [2.75, 3.05) is 26.2 Å². The van der Waals surface area contributed by atoms with E-state index in [1.165, 1.54) is 6.42 Å². The molecule has 1 saturated heterocycles. The number of rotatable bonds is 8. The minimum atomic E-state index is -2.05. The van der Waals surface area contributed by atoms with Crippen LogP contribution >= 0.6 is 0 Å². The van der Waals surface area contributed by atoms with Crippen LogP contribution in [0.5, 0.6) is 0 Å². The predicted octanol–water partition coefficient (Wildman–Crippen LogP) is 0.674. The zero-order valence-electron chi connectivity index (χ0n) is 12.0. The van der Waals surface area contributed by atoms with Gasteiger partial charge in [-0.1, -0.05) is 20.3 Å². The third-order valence-electron chi connectivity index (χ3n) is 3.82. The van der Waals surface area contributed by atoms with Gasteiger partial charge < -0.3 is 15.0 Å². The smallest absolute Gasteiger partial charge is 0.0738 e. The Kier molecular flexibility index (Phi) is 8.09. The van der Waals surface area contributed by atoms with E-state index in [1.807, 2.05) is 13.8 Å². The van der Waals surface area contributed by atoms with Crippen molar-refractivity contribution in [1.82, 2.24) is 10.2 Å². The minimum absolute atomic E-state index is 0.0436. The van der Waals surface area contributed by atoms with Gasteiger partial charge in [-0.3, -0.25) is 9.11 Å². The monoisotopic (exact) mass is 291 g/mol. The largest absolute Gasteiger partial charge is 0.771 e. The zero-order valence-corrected chi connectivity index (χ0v) is 12.8. The first-order valence-electron chi connectivity index (χ1n) is 7.22. The van der Waals surface area contributed by atoms with Crippen LogP contribution in [0.2, 0.25) is 0 Å². The lowest BCUT2D eigenvalue weighted by molar-refractivity contribution is 0.185. The van der Waals surface area contributed by atoms with Crippen LogP contribution < -0.4 is 5.32 Å². The Hall–Kier alpha value is -0.0100. The van der Waals surface area contributed by atoms with Gasteiger partial charge in [0.1, 0.15) is 0 Å². The molecule has 0 radical (unpaired) electrons. The normalized spacial score (nSPS) is 22.4. The molecule has 0 aliphatic carbocycles. The predicted molar refractivity (Wildman–Crippen MR) is 76.5 cm³/mol. The molecule has 0 saturated carbocycles. The van der Waals surface area contributed by atoms with Crippen LogP contribution in [0, 0.1) is 5.92 Å². The number of nitrogens with zero attached hydrogens (tertiary/aromatic N) is 1. The van der Waals surface area contributed by atoms with Crippen molar-refractivity contribution in [3.8, 4) is 0 Å². The van der Waals surface area contributed by atoms with Gasteiger partial charge in [-0.25, -0.2) is 0 Å². The van der Waals surface area contributed by atoms with E-state index in [0.29, 0.717) is 18.9 Å². The molecule has 0 spiro atoms. The third-order valence-corrected chi connectivity index (χ3v) is 4.80. The van der Waals surface area contributed by atoms with Crippen LogP contribution in [0.15, 0.2) is 0 Å². The average molecular weight is 291 g/mol. The summed E-state index contributed by atoms with van der Waals surface area (Å²) in [5, 5.41) is 12.1. The maximum absolute atomic E-state index is 11.4. The van der Waals surface area contributed by atoms with Crippen LogP contribution in [0.3, 0.4) is 0 Å². The third kappa shape index (κ3) is 5.87. The van der Waals surface area contributed by atoms with Gasteiger partial charge >= 0.3 is 0 Å². The van der Waals surface area contributed by atoms with E-state index >= 15 is 0 Å². The van der Waals surface area contributed by atoms with E-state index in [9.17, 15) is 13.9 Å². The molecule has 0 aromatic heterocycles. The summed E-state index contributed by atoms with van der Waals surface area (Å²) in [5.41, 5.74) is 0. The molecule has 3 atom stereocenters. The molecule has 0 aromatic rings. The van der Waals surface area contributed by atoms with Crippen molar-refractivity contribution < 1.29 is 13.9 Å². The molecule has 2 N–H and O–H groups in total. The summed E-state index contributed by atoms with van der Waals surface area (Å²) in [7, 11) is 0. The highest BCUT2D eigenvalue weighted by Crippen LogP contribution is 2.16. The number of aliphatic hydroxyl groups is 1. The summed E-state index contributed by atoms with van der Waals surface area (Å²) in [6.07, 6.45) is 3.96. The van der Waals surface area contributed by atoms with Crippen molar-refractivity contribution >= 4 is 11.1 Å². The minimum Gasteiger partial charge on any atom is -0.771 e. The Labute approximate surface area is 119 Å². The van der Waals surface area contributed by atoms with E-state index in [0.717, 1.165) is 25.9 Å². The molecule has 5 nitrogen and oxygen atoms in total. The standard InChI is InChI=1S/C13H28N2O3S/c1-11(2)12(10-16)14-7-6-13(19(17)18)15-8-4-3-5-9-15/h11-14,16H,3-10H2,1-2H3,(H,17,18)/p-1. The van der Waals surface area contributed by atoms with Crippen molar-refractivity contribution in [2.24, 2.45) is 5.92 Å². The first-order valence-corrected chi connectivity index (χ1v) is 8.36. The second-order valence-corrected chi connectivity index (χ2v) is 6.65.